The van der Waals surface area contributed by atoms with Crippen molar-refractivity contribution in [2.75, 3.05) is 0 Å². The number of hydrogen-bond acceptors (Lipinski definition) is 6. The quantitative estimate of drug-likeness (QED) is 0.602. The maximum absolute atomic E-state index is 10.4. The van der Waals surface area contributed by atoms with Crippen molar-refractivity contribution in [3.05, 3.63) is 31.9 Å². The number of hydrogen-bond donors (Lipinski definition) is 0. The Morgan fingerprint density at radius 1 is 1.60 bits per heavy atom. The maximum atomic E-state index is 10.4. The van der Waals surface area contributed by atoms with Gasteiger partial charge in [0.2, 0.25) is 4.47 Å². The third-order valence-corrected chi connectivity index (χ3v) is 2.56. The van der Waals surface area contributed by atoms with E-state index in [1.165, 1.54) is 28.3 Å². The van der Waals surface area contributed by atoms with E-state index in [1.54, 1.807) is 0 Å². The van der Waals surface area contributed by atoms with Gasteiger partial charge in [-0.2, -0.15) is 4.68 Å². The molecule has 15 heavy (non-hydrogen) atoms. The minimum atomic E-state index is -0.552. The van der Waals surface area contributed by atoms with Crippen molar-refractivity contribution >= 4 is 28.8 Å². The fourth-order valence-electron chi connectivity index (χ4n) is 0.972. The molecule has 0 saturated heterocycles. The molecule has 0 amide bonds. The van der Waals surface area contributed by atoms with E-state index < -0.39 is 4.92 Å². The second-order valence-electron chi connectivity index (χ2n) is 2.58. The zero-order valence-corrected chi connectivity index (χ0v) is 8.77. The van der Waals surface area contributed by atoms with Gasteiger partial charge in [0, 0.05) is 0 Å². The van der Waals surface area contributed by atoms with Crippen LogP contribution in [0.5, 0.6) is 0 Å². The van der Waals surface area contributed by atoms with Crippen LogP contribution in [0.25, 0.3) is 0 Å². The van der Waals surface area contributed by atoms with Gasteiger partial charge in [-0.15, -0.1) is 10.2 Å². The molecule has 78 valence electrons. The molecule has 7 nitrogen and oxygen atoms in total. The molecule has 2 rings (SSSR count). The molecule has 2 aromatic rings. The summed E-state index contributed by atoms with van der Waals surface area (Å²) in [6, 6.07) is 1.32. The standard InChI is InChI=1S/C6H4ClN5O2S/c7-6-9-8-5(15-6)3-11-2-1-4(10-11)12(13)14/h1-2H,3H2. The summed E-state index contributed by atoms with van der Waals surface area (Å²) in [5.41, 5.74) is 0. The third kappa shape index (κ3) is 2.28. The predicted molar refractivity (Wildman–Crippen MR) is 52.9 cm³/mol. The normalized spacial score (nSPS) is 10.5. The van der Waals surface area contributed by atoms with Crippen molar-refractivity contribution in [1.29, 1.82) is 0 Å². The molecular formula is C6H4ClN5O2S. The van der Waals surface area contributed by atoms with E-state index in [2.05, 4.69) is 15.3 Å². The number of nitro groups is 1. The molecule has 0 unspecified atom stereocenters. The molecule has 2 aromatic heterocycles. The van der Waals surface area contributed by atoms with Crippen LogP contribution >= 0.6 is 22.9 Å². The average molecular weight is 246 g/mol. The van der Waals surface area contributed by atoms with Crippen LogP contribution in [-0.4, -0.2) is 24.9 Å². The summed E-state index contributed by atoms with van der Waals surface area (Å²) in [7, 11) is 0. The molecule has 9 heteroatoms. The highest BCUT2D eigenvalue weighted by Gasteiger charge is 2.12. The largest absolute Gasteiger partial charge is 0.389 e. The first-order chi connectivity index (χ1) is 7.15. The highest BCUT2D eigenvalue weighted by Crippen LogP contribution is 2.16. The summed E-state index contributed by atoms with van der Waals surface area (Å²) >= 11 is 6.80. The molecule has 0 aliphatic heterocycles. The van der Waals surface area contributed by atoms with Crippen LogP contribution in [0.1, 0.15) is 5.01 Å². The van der Waals surface area contributed by atoms with Gasteiger partial charge in [0.05, 0.1) is 17.4 Å². The summed E-state index contributed by atoms with van der Waals surface area (Å²) in [5.74, 6) is -0.189. The summed E-state index contributed by atoms with van der Waals surface area (Å²) in [4.78, 5) is 9.80. The molecule has 2 heterocycles. The lowest BCUT2D eigenvalue weighted by molar-refractivity contribution is -0.389. The third-order valence-electron chi connectivity index (χ3n) is 1.55. The van der Waals surface area contributed by atoms with Gasteiger partial charge < -0.3 is 10.1 Å². The lowest BCUT2D eigenvalue weighted by atomic mass is 10.6. The van der Waals surface area contributed by atoms with Gasteiger partial charge in [-0.1, -0.05) is 11.3 Å². The van der Waals surface area contributed by atoms with Gasteiger partial charge in [0.25, 0.3) is 0 Å². The van der Waals surface area contributed by atoms with E-state index in [1.807, 2.05) is 0 Å². The summed E-state index contributed by atoms with van der Waals surface area (Å²) < 4.78 is 1.75. The van der Waals surface area contributed by atoms with Crippen LogP contribution in [0.4, 0.5) is 5.82 Å². The number of rotatable bonds is 3. The van der Waals surface area contributed by atoms with Gasteiger partial charge in [0.1, 0.15) is 11.6 Å². The van der Waals surface area contributed by atoms with Crippen LogP contribution < -0.4 is 0 Å². The molecule has 0 atom stereocenters. The van der Waals surface area contributed by atoms with Crippen LogP contribution in [0, 0.1) is 10.1 Å². The van der Waals surface area contributed by atoms with E-state index in [0.29, 0.717) is 16.0 Å². The maximum Gasteiger partial charge on any atom is 0.389 e. The number of aromatic nitrogens is 4. The van der Waals surface area contributed by atoms with Crippen LogP contribution in [0.15, 0.2) is 12.3 Å². The zero-order chi connectivity index (χ0) is 10.8. The van der Waals surface area contributed by atoms with Crippen LogP contribution in [0.3, 0.4) is 0 Å². The minimum absolute atomic E-state index is 0.189. The first-order valence-electron chi connectivity index (χ1n) is 3.81. The van der Waals surface area contributed by atoms with E-state index in [9.17, 15) is 10.1 Å². The van der Waals surface area contributed by atoms with Crippen LogP contribution in [0.2, 0.25) is 4.47 Å². The Bertz CT molecular complexity index is 495. The molecule has 0 N–H and O–H groups in total. The van der Waals surface area contributed by atoms with E-state index in [4.69, 9.17) is 11.6 Å². The van der Waals surface area contributed by atoms with E-state index in [-0.39, 0.29) is 5.82 Å². The molecule has 0 radical (unpaired) electrons. The Balaban J connectivity index is 2.14. The predicted octanol–water partition coefficient (Wildman–Crippen LogP) is 1.34. The smallest absolute Gasteiger partial charge is 0.358 e. The van der Waals surface area contributed by atoms with Crippen molar-refractivity contribution in [3.8, 4) is 0 Å². The minimum Gasteiger partial charge on any atom is -0.358 e. The van der Waals surface area contributed by atoms with Gasteiger partial charge in [0.15, 0.2) is 0 Å². The molecule has 0 spiro atoms. The first kappa shape index (κ1) is 9.99. The van der Waals surface area contributed by atoms with Crippen molar-refractivity contribution in [2.45, 2.75) is 6.54 Å². The molecule has 0 bridgehead atoms. The van der Waals surface area contributed by atoms with Gasteiger partial charge in [-0.25, -0.2) is 0 Å². The molecule has 0 fully saturated rings. The summed E-state index contributed by atoms with van der Waals surface area (Å²) in [5, 5.41) is 22.1. The Morgan fingerprint density at radius 2 is 2.40 bits per heavy atom. The molecule has 0 aromatic carbocycles. The van der Waals surface area contributed by atoms with Crippen molar-refractivity contribution in [2.24, 2.45) is 0 Å². The lowest BCUT2D eigenvalue weighted by Gasteiger charge is -1.89. The van der Waals surface area contributed by atoms with Gasteiger partial charge in [-0.3, -0.25) is 0 Å². The second kappa shape index (κ2) is 3.91. The molecular weight excluding hydrogens is 242 g/mol. The fraction of sp³-hybridized carbons (Fsp3) is 0.167. The monoisotopic (exact) mass is 245 g/mol. The Morgan fingerprint density at radius 3 is 2.93 bits per heavy atom. The average Bonchev–Trinajstić information content (AvgIpc) is 2.76. The fourth-order valence-corrected chi connectivity index (χ4v) is 1.83. The zero-order valence-electron chi connectivity index (χ0n) is 7.20. The van der Waals surface area contributed by atoms with Crippen molar-refractivity contribution in [3.63, 3.8) is 0 Å². The number of halogens is 1. The van der Waals surface area contributed by atoms with E-state index >= 15 is 0 Å². The molecule has 0 aliphatic carbocycles. The first-order valence-corrected chi connectivity index (χ1v) is 5.00. The van der Waals surface area contributed by atoms with Crippen molar-refractivity contribution < 1.29 is 4.92 Å². The Labute approximate surface area is 92.5 Å². The summed E-state index contributed by atoms with van der Waals surface area (Å²) in [6.07, 6.45) is 1.51. The second-order valence-corrected chi connectivity index (χ2v) is 4.22. The Kier molecular flexibility index (Phi) is 2.60. The molecule has 0 aliphatic rings. The highest BCUT2D eigenvalue weighted by atomic mass is 35.5. The lowest BCUT2D eigenvalue weighted by Crippen LogP contribution is -2.00. The SMILES string of the molecule is O=[N+]([O-])c1ccn(Cc2nnc(Cl)s2)n1. The Hall–Kier alpha value is -1.54. The van der Waals surface area contributed by atoms with Crippen molar-refractivity contribution in [1.82, 2.24) is 20.0 Å². The molecule has 0 saturated carbocycles. The van der Waals surface area contributed by atoms with Crippen LogP contribution in [-0.2, 0) is 6.54 Å². The van der Waals surface area contributed by atoms with Gasteiger partial charge in [-0.05, 0) is 16.5 Å². The number of nitrogens with zero attached hydrogens (tertiary/aromatic N) is 5. The van der Waals surface area contributed by atoms with E-state index in [0.717, 1.165) is 0 Å². The highest BCUT2D eigenvalue weighted by molar-refractivity contribution is 7.15. The van der Waals surface area contributed by atoms with Gasteiger partial charge >= 0.3 is 5.82 Å². The topological polar surface area (TPSA) is 86.7 Å². The summed E-state index contributed by atoms with van der Waals surface area (Å²) in [6.45, 7) is 0.332.